The van der Waals surface area contributed by atoms with E-state index in [0.717, 1.165) is 0 Å². The van der Waals surface area contributed by atoms with Gasteiger partial charge in [0.25, 0.3) is 0 Å². The molecule has 0 aliphatic heterocycles. The minimum Gasteiger partial charge on any atom is -0.382 e. The normalized spacial score (nSPS) is 16.4. The first-order valence-electron chi connectivity index (χ1n) is 1.65. The Hall–Kier alpha value is 0.590. The van der Waals surface area contributed by atoms with E-state index in [1.807, 2.05) is 0 Å². The molecule has 0 aromatic carbocycles. The summed E-state index contributed by atoms with van der Waals surface area (Å²) in [6, 6.07) is 0. The zero-order chi connectivity index (χ0) is 5.86. The maximum absolute atomic E-state index is 9.84. The van der Waals surface area contributed by atoms with Crippen molar-refractivity contribution in [3.05, 3.63) is 0 Å². The Kier molecular flexibility index (Phi) is 8.15. The molecule has 8 heavy (non-hydrogen) atoms. The Balaban J connectivity index is 0. The van der Waals surface area contributed by atoms with Crippen LogP contribution in [0.3, 0.4) is 0 Å². The predicted molar refractivity (Wildman–Crippen MR) is 36.0 cm³/mol. The van der Waals surface area contributed by atoms with Gasteiger partial charge >= 0.3 is 0 Å². The molecule has 52 valence electrons. The molecular formula is C2H9BrNO3P. The molecule has 0 amide bonds. The largest absolute Gasteiger partial charge is 0.382 e. The lowest BCUT2D eigenvalue weighted by molar-refractivity contribution is 0.262. The van der Waals surface area contributed by atoms with Gasteiger partial charge in [0.15, 0.2) is 0 Å². The van der Waals surface area contributed by atoms with Crippen LogP contribution in [0, 0.1) is 0 Å². The van der Waals surface area contributed by atoms with Crippen molar-refractivity contribution in [2.45, 2.75) is 5.85 Å². The summed E-state index contributed by atoms with van der Waals surface area (Å²) in [6.07, 6.45) is 0. The highest BCUT2D eigenvalue weighted by molar-refractivity contribution is 9.09. The van der Waals surface area contributed by atoms with Crippen molar-refractivity contribution in [1.82, 2.24) is 6.15 Å². The van der Waals surface area contributed by atoms with Gasteiger partial charge in [0.1, 0.15) is 5.85 Å². The number of rotatable bonds is 2. The molecule has 0 spiro atoms. The van der Waals surface area contributed by atoms with Crippen LogP contribution in [0.1, 0.15) is 0 Å². The summed E-state index contributed by atoms with van der Waals surface area (Å²) in [6.45, 7) is 0. The summed E-state index contributed by atoms with van der Waals surface area (Å²) in [5, 5.41) is 8.54. The Morgan fingerprint density at radius 2 is 2.12 bits per heavy atom. The van der Waals surface area contributed by atoms with E-state index in [-0.39, 0.29) is 11.5 Å². The topological polar surface area (TPSA) is 92.5 Å². The highest BCUT2D eigenvalue weighted by Gasteiger charge is 2.04. The van der Waals surface area contributed by atoms with E-state index in [1.165, 1.54) is 0 Å². The molecule has 0 aliphatic carbocycles. The van der Waals surface area contributed by atoms with Crippen LogP contribution < -0.4 is 6.15 Å². The van der Waals surface area contributed by atoms with Crippen LogP contribution in [0.25, 0.3) is 0 Å². The van der Waals surface area contributed by atoms with E-state index < -0.39 is 13.9 Å². The molecule has 0 aromatic heterocycles. The zero-order valence-electron chi connectivity index (χ0n) is 4.17. The summed E-state index contributed by atoms with van der Waals surface area (Å²) < 4.78 is 9.84. The summed E-state index contributed by atoms with van der Waals surface area (Å²) in [4.78, 5) is 8.09. The number of aliphatic hydroxyl groups is 1. The molecular weight excluding hydrogens is 197 g/mol. The highest BCUT2D eigenvalue weighted by atomic mass is 79.9. The second kappa shape index (κ2) is 5.72. The lowest BCUT2D eigenvalue weighted by Gasteiger charge is -1.96. The maximum Gasteiger partial charge on any atom is 0.217 e. The van der Waals surface area contributed by atoms with Crippen molar-refractivity contribution in [3.63, 3.8) is 0 Å². The van der Waals surface area contributed by atoms with Gasteiger partial charge in [-0.3, -0.25) is 4.57 Å². The Morgan fingerprint density at radius 1 is 1.75 bits per heavy atom. The van der Waals surface area contributed by atoms with Crippen LogP contribution in [0.5, 0.6) is 0 Å². The number of aliphatic hydroxyl groups excluding tert-OH is 1. The van der Waals surface area contributed by atoms with Gasteiger partial charge in [-0.05, 0) is 0 Å². The van der Waals surface area contributed by atoms with Crippen LogP contribution in [-0.4, -0.2) is 21.2 Å². The van der Waals surface area contributed by atoms with Crippen LogP contribution in [-0.2, 0) is 4.57 Å². The fourth-order valence-corrected chi connectivity index (χ4v) is 1.03. The highest BCUT2D eigenvalue weighted by Crippen LogP contribution is 2.20. The first-order valence-corrected chi connectivity index (χ1v) is 4.20. The molecule has 5 N–H and O–H groups in total. The fraction of sp³-hybridized carbons (Fsp3) is 1.00. The van der Waals surface area contributed by atoms with Crippen molar-refractivity contribution < 1.29 is 14.6 Å². The molecule has 0 rings (SSSR count). The van der Waals surface area contributed by atoms with E-state index in [2.05, 4.69) is 15.9 Å². The first kappa shape index (κ1) is 11.4. The SMILES string of the molecule is N.O=[PH](O)C(O)CBr. The van der Waals surface area contributed by atoms with E-state index in [1.54, 1.807) is 0 Å². The molecule has 6 heteroatoms. The van der Waals surface area contributed by atoms with Gasteiger partial charge < -0.3 is 16.2 Å². The minimum absolute atomic E-state index is 0. The molecule has 0 radical (unpaired) electrons. The minimum atomic E-state index is -2.70. The molecule has 0 saturated heterocycles. The molecule has 2 unspecified atom stereocenters. The van der Waals surface area contributed by atoms with Crippen molar-refractivity contribution in [3.8, 4) is 0 Å². The fourth-order valence-electron chi connectivity index (χ4n) is 0.0660. The van der Waals surface area contributed by atoms with E-state index in [4.69, 9.17) is 10.00 Å². The molecule has 0 aliphatic rings. The van der Waals surface area contributed by atoms with E-state index in [0.29, 0.717) is 0 Å². The average Bonchev–Trinajstić information content (AvgIpc) is 1.65. The molecule has 0 bridgehead atoms. The molecule has 0 aromatic rings. The Morgan fingerprint density at radius 3 is 2.12 bits per heavy atom. The lowest BCUT2D eigenvalue weighted by atomic mass is 10.9. The van der Waals surface area contributed by atoms with Gasteiger partial charge in [0.2, 0.25) is 8.03 Å². The van der Waals surface area contributed by atoms with Gasteiger partial charge in [-0.15, -0.1) is 0 Å². The summed E-state index contributed by atoms with van der Waals surface area (Å²) in [5.74, 6) is -1.08. The standard InChI is InChI=1S/C2H6BrO3P.H3N/c3-1-2(4)7(5)6;/h2,4,7H,1H2,(H,5,6);1H3. The van der Waals surface area contributed by atoms with Gasteiger partial charge in [-0.2, -0.15) is 0 Å². The van der Waals surface area contributed by atoms with Crippen molar-refractivity contribution >= 4 is 24.0 Å². The lowest BCUT2D eigenvalue weighted by Crippen LogP contribution is -1.99. The Labute approximate surface area is 56.5 Å². The van der Waals surface area contributed by atoms with Crippen molar-refractivity contribution in [2.75, 3.05) is 5.33 Å². The van der Waals surface area contributed by atoms with Crippen molar-refractivity contribution in [2.24, 2.45) is 0 Å². The van der Waals surface area contributed by atoms with E-state index >= 15 is 0 Å². The summed E-state index contributed by atoms with van der Waals surface area (Å²) >= 11 is 2.83. The quantitative estimate of drug-likeness (QED) is 0.448. The van der Waals surface area contributed by atoms with Crippen LogP contribution in [0.2, 0.25) is 0 Å². The van der Waals surface area contributed by atoms with Gasteiger partial charge in [-0.1, -0.05) is 15.9 Å². The monoisotopic (exact) mass is 205 g/mol. The van der Waals surface area contributed by atoms with Gasteiger partial charge in [-0.25, -0.2) is 0 Å². The second-order valence-corrected chi connectivity index (χ2v) is 3.00. The smallest absolute Gasteiger partial charge is 0.217 e. The predicted octanol–water partition coefficient (Wildman–Crippen LogP) is 0.329. The average molecular weight is 206 g/mol. The molecule has 0 saturated carbocycles. The zero-order valence-corrected chi connectivity index (χ0v) is 6.76. The third-order valence-corrected chi connectivity index (χ3v) is 2.42. The van der Waals surface area contributed by atoms with Gasteiger partial charge in [0.05, 0.1) is 0 Å². The third-order valence-electron chi connectivity index (χ3n) is 0.431. The van der Waals surface area contributed by atoms with Crippen LogP contribution in [0.15, 0.2) is 0 Å². The molecule has 4 nitrogen and oxygen atoms in total. The number of halogens is 1. The number of hydrogen-bond donors (Lipinski definition) is 3. The Bertz CT molecular complexity index is 79.7. The van der Waals surface area contributed by atoms with Gasteiger partial charge in [0, 0.05) is 5.33 Å². The maximum atomic E-state index is 9.84. The van der Waals surface area contributed by atoms with Crippen LogP contribution in [0.4, 0.5) is 0 Å². The van der Waals surface area contributed by atoms with Crippen LogP contribution >= 0.6 is 24.0 Å². The van der Waals surface area contributed by atoms with E-state index in [9.17, 15) is 4.57 Å². The third kappa shape index (κ3) is 4.74. The molecule has 2 atom stereocenters. The second-order valence-electron chi connectivity index (χ2n) is 1.01. The molecule has 0 heterocycles. The number of hydrogen-bond acceptors (Lipinski definition) is 3. The summed E-state index contributed by atoms with van der Waals surface area (Å²) in [5.41, 5.74) is 0. The number of alkyl halides is 1. The first-order chi connectivity index (χ1) is 3.18. The summed E-state index contributed by atoms with van der Waals surface area (Å²) in [7, 11) is -2.70. The molecule has 0 fully saturated rings. The van der Waals surface area contributed by atoms with Crippen molar-refractivity contribution in [1.29, 1.82) is 0 Å².